The minimum absolute atomic E-state index is 0.0803. The Morgan fingerprint density at radius 1 is 1.39 bits per heavy atom. The van der Waals surface area contributed by atoms with Crippen molar-refractivity contribution in [2.75, 3.05) is 26.3 Å². The van der Waals surface area contributed by atoms with Crippen LogP contribution in [0.1, 0.15) is 32.6 Å². The van der Waals surface area contributed by atoms with Crippen LogP contribution in [0.15, 0.2) is 0 Å². The van der Waals surface area contributed by atoms with Crippen molar-refractivity contribution in [1.82, 2.24) is 10.2 Å². The van der Waals surface area contributed by atoms with Gasteiger partial charge in [-0.1, -0.05) is 12.8 Å². The van der Waals surface area contributed by atoms with Crippen LogP contribution < -0.4 is 5.32 Å². The van der Waals surface area contributed by atoms with Crippen LogP contribution in [0.5, 0.6) is 0 Å². The van der Waals surface area contributed by atoms with Gasteiger partial charge in [0.05, 0.1) is 6.61 Å². The molecule has 0 radical (unpaired) electrons. The summed E-state index contributed by atoms with van der Waals surface area (Å²) in [5.41, 5.74) is 0. The van der Waals surface area contributed by atoms with Gasteiger partial charge in [0.25, 0.3) is 0 Å². The van der Waals surface area contributed by atoms with Crippen molar-refractivity contribution >= 4 is 12.0 Å². The quantitative estimate of drug-likeness (QED) is 0.723. The molecule has 6 heteroatoms. The van der Waals surface area contributed by atoms with E-state index in [1.165, 1.54) is 12.8 Å². The third-order valence-corrected chi connectivity index (χ3v) is 3.06. The number of amides is 2. The number of nitrogens with zero attached hydrogens (tertiary/aromatic N) is 1. The molecule has 0 aromatic heterocycles. The van der Waals surface area contributed by atoms with Crippen LogP contribution >= 0.6 is 0 Å². The summed E-state index contributed by atoms with van der Waals surface area (Å²) in [4.78, 5) is 24.0. The van der Waals surface area contributed by atoms with Crippen molar-refractivity contribution < 1.29 is 19.4 Å². The molecule has 1 unspecified atom stereocenters. The summed E-state index contributed by atoms with van der Waals surface area (Å²) in [6, 6.07) is 0.191. The molecule has 0 aromatic carbocycles. The van der Waals surface area contributed by atoms with E-state index in [0.29, 0.717) is 6.54 Å². The van der Waals surface area contributed by atoms with Gasteiger partial charge in [0.15, 0.2) is 0 Å². The number of carbonyl (C=O) groups is 2. The molecule has 2 N–H and O–H groups in total. The molecule has 0 spiro atoms. The topological polar surface area (TPSA) is 78.9 Å². The van der Waals surface area contributed by atoms with Gasteiger partial charge in [0.2, 0.25) is 0 Å². The smallest absolute Gasteiger partial charge is 0.329 e. The Hall–Kier alpha value is -1.30. The van der Waals surface area contributed by atoms with E-state index >= 15 is 0 Å². The van der Waals surface area contributed by atoms with Gasteiger partial charge in [0.1, 0.15) is 6.61 Å². The highest BCUT2D eigenvalue weighted by atomic mass is 16.5. The third kappa shape index (κ3) is 5.35. The molecule has 0 aromatic rings. The van der Waals surface area contributed by atoms with Crippen LogP contribution in [0.4, 0.5) is 4.79 Å². The Labute approximate surface area is 107 Å². The zero-order valence-corrected chi connectivity index (χ0v) is 10.9. The molecule has 1 fully saturated rings. The zero-order chi connectivity index (χ0) is 13.4. The number of nitrogens with one attached hydrogen (secondary N) is 1. The second-order valence-electron chi connectivity index (χ2n) is 4.57. The lowest BCUT2D eigenvalue weighted by molar-refractivity contribution is -0.142. The summed E-state index contributed by atoms with van der Waals surface area (Å²) in [5, 5.41) is 11.1. The summed E-state index contributed by atoms with van der Waals surface area (Å²) >= 11 is 0. The number of hydrogen-bond acceptors (Lipinski definition) is 3. The predicted octanol–water partition coefficient (Wildman–Crippen LogP) is 1.06. The fraction of sp³-hybridized carbons (Fsp3) is 0.833. The number of likely N-dealkylation sites (tertiary alicyclic amines) is 1. The molecule has 0 bridgehead atoms. The monoisotopic (exact) mass is 258 g/mol. The van der Waals surface area contributed by atoms with E-state index in [2.05, 4.69) is 12.2 Å². The van der Waals surface area contributed by atoms with Gasteiger partial charge in [-0.15, -0.1) is 0 Å². The van der Waals surface area contributed by atoms with Crippen LogP contribution in [0.2, 0.25) is 0 Å². The second kappa shape index (κ2) is 7.92. The highest BCUT2D eigenvalue weighted by Crippen LogP contribution is 2.15. The first-order valence-corrected chi connectivity index (χ1v) is 6.45. The average molecular weight is 258 g/mol. The molecule has 2 amide bonds. The minimum atomic E-state index is -0.998. The maximum absolute atomic E-state index is 11.9. The number of carbonyl (C=O) groups excluding carboxylic acids is 1. The molecular weight excluding hydrogens is 236 g/mol. The lowest BCUT2D eigenvalue weighted by Crippen LogP contribution is -2.45. The van der Waals surface area contributed by atoms with Crippen LogP contribution in [0, 0.1) is 0 Å². The van der Waals surface area contributed by atoms with Gasteiger partial charge in [-0.05, 0) is 19.8 Å². The Bertz CT molecular complexity index is 283. The van der Waals surface area contributed by atoms with Gasteiger partial charge in [0, 0.05) is 19.1 Å². The first-order valence-electron chi connectivity index (χ1n) is 6.45. The van der Waals surface area contributed by atoms with Crippen LogP contribution in [0.3, 0.4) is 0 Å². The maximum atomic E-state index is 11.9. The van der Waals surface area contributed by atoms with Crippen LogP contribution in [0.25, 0.3) is 0 Å². The number of urea groups is 1. The Balaban J connectivity index is 2.20. The highest BCUT2D eigenvalue weighted by Gasteiger charge is 2.21. The van der Waals surface area contributed by atoms with Gasteiger partial charge >= 0.3 is 12.0 Å². The number of carboxylic acids is 1. The molecule has 18 heavy (non-hydrogen) atoms. The number of rotatable bonds is 5. The summed E-state index contributed by atoms with van der Waals surface area (Å²) in [6.07, 6.45) is 4.44. The van der Waals surface area contributed by atoms with Gasteiger partial charge < -0.3 is 20.1 Å². The SMILES string of the molecule is CC1CCCCCN1C(=O)NCCOCC(=O)O. The minimum Gasteiger partial charge on any atom is -0.480 e. The Morgan fingerprint density at radius 3 is 2.89 bits per heavy atom. The molecule has 0 saturated carbocycles. The summed E-state index contributed by atoms with van der Waals surface area (Å²) in [7, 11) is 0. The van der Waals surface area contributed by atoms with Crippen molar-refractivity contribution in [3.8, 4) is 0 Å². The van der Waals surface area contributed by atoms with E-state index in [-0.39, 0.29) is 25.3 Å². The molecule has 104 valence electrons. The molecule has 1 atom stereocenters. The number of aliphatic carboxylic acids is 1. The first kappa shape index (κ1) is 14.8. The zero-order valence-electron chi connectivity index (χ0n) is 10.9. The van der Waals surface area contributed by atoms with Crippen molar-refractivity contribution in [3.63, 3.8) is 0 Å². The van der Waals surface area contributed by atoms with Crippen molar-refractivity contribution in [1.29, 1.82) is 0 Å². The van der Waals surface area contributed by atoms with Gasteiger partial charge in [-0.3, -0.25) is 0 Å². The van der Waals surface area contributed by atoms with E-state index in [9.17, 15) is 9.59 Å². The van der Waals surface area contributed by atoms with E-state index in [1.807, 2.05) is 4.90 Å². The Morgan fingerprint density at radius 2 is 2.17 bits per heavy atom. The van der Waals surface area contributed by atoms with Gasteiger partial charge in [-0.2, -0.15) is 0 Å². The molecule has 1 saturated heterocycles. The molecule has 1 heterocycles. The van der Waals surface area contributed by atoms with Crippen molar-refractivity contribution in [2.24, 2.45) is 0 Å². The average Bonchev–Trinajstić information content (AvgIpc) is 2.53. The highest BCUT2D eigenvalue weighted by molar-refractivity contribution is 5.74. The largest absolute Gasteiger partial charge is 0.480 e. The molecule has 1 aliphatic heterocycles. The van der Waals surface area contributed by atoms with E-state index < -0.39 is 5.97 Å². The lowest BCUT2D eigenvalue weighted by atomic mass is 10.1. The summed E-state index contributed by atoms with van der Waals surface area (Å²) in [5.74, 6) is -0.998. The van der Waals surface area contributed by atoms with Crippen molar-refractivity contribution in [3.05, 3.63) is 0 Å². The summed E-state index contributed by atoms with van der Waals surface area (Å²) in [6.45, 7) is 3.10. The molecule has 6 nitrogen and oxygen atoms in total. The standard InChI is InChI=1S/C12H22N2O4/c1-10-5-3-2-4-7-14(10)12(17)13-6-8-18-9-11(15)16/h10H,2-9H2,1H3,(H,13,17)(H,15,16). The maximum Gasteiger partial charge on any atom is 0.329 e. The lowest BCUT2D eigenvalue weighted by Gasteiger charge is -2.27. The fourth-order valence-electron chi connectivity index (χ4n) is 2.07. The van der Waals surface area contributed by atoms with E-state index in [0.717, 1.165) is 19.4 Å². The molecular formula is C12H22N2O4. The number of carboxylic acid groups (broad SMARTS) is 1. The van der Waals surface area contributed by atoms with Gasteiger partial charge in [-0.25, -0.2) is 9.59 Å². The third-order valence-electron chi connectivity index (χ3n) is 3.06. The normalized spacial score (nSPS) is 20.3. The molecule has 1 rings (SSSR count). The molecule has 1 aliphatic rings. The summed E-state index contributed by atoms with van der Waals surface area (Å²) < 4.78 is 4.85. The van der Waals surface area contributed by atoms with Crippen LogP contribution in [-0.2, 0) is 9.53 Å². The first-order chi connectivity index (χ1) is 8.61. The Kier molecular flexibility index (Phi) is 6.49. The van der Waals surface area contributed by atoms with E-state index in [4.69, 9.17) is 9.84 Å². The predicted molar refractivity (Wildman–Crippen MR) is 66.5 cm³/mol. The fourth-order valence-corrected chi connectivity index (χ4v) is 2.07. The second-order valence-corrected chi connectivity index (χ2v) is 4.57. The van der Waals surface area contributed by atoms with Crippen LogP contribution in [-0.4, -0.2) is 54.4 Å². The number of ether oxygens (including phenoxy) is 1. The molecule has 0 aliphatic carbocycles. The van der Waals surface area contributed by atoms with Crippen molar-refractivity contribution in [2.45, 2.75) is 38.6 Å². The number of hydrogen-bond donors (Lipinski definition) is 2. The van der Waals surface area contributed by atoms with E-state index in [1.54, 1.807) is 0 Å².